The largest absolute Gasteiger partial charge is 0.336 e. The zero-order chi connectivity index (χ0) is 21.6. The minimum atomic E-state index is -3.62. The molecule has 8 nitrogen and oxygen atoms in total. The number of nitrogens with one attached hydrogen (secondary N) is 4. The van der Waals surface area contributed by atoms with Crippen molar-refractivity contribution in [3.63, 3.8) is 0 Å². The van der Waals surface area contributed by atoms with Crippen molar-refractivity contribution >= 4 is 27.6 Å². The van der Waals surface area contributed by atoms with Crippen molar-refractivity contribution in [1.82, 2.24) is 15.4 Å². The van der Waals surface area contributed by atoms with Gasteiger partial charge in [0.2, 0.25) is 10.0 Å². The molecule has 0 saturated heterocycles. The number of urea groups is 1. The molecule has 2 aromatic rings. The third kappa shape index (κ3) is 6.30. The van der Waals surface area contributed by atoms with Crippen LogP contribution in [0.4, 0.5) is 10.5 Å². The Labute approximate surface area is 171 Å². The number of hydrogen-bond donors (Lipinski definition) is 4. The van der Waals surface area contributed by atoms with Crippen molar-refractivity contribution in [2.24, 2.45) is 0 Å². The molecular formula is C20H26N4O4S. The molecule has 0 saturated carbocycles. The molecule has 0 radical (unpaired) electrons. The van der Waals surface area contributed by atoms with E-state index in [2.05, 4.69) is 20.7 Å². The van der Waals surface area contributed by atoms with Gasteiger partial charge in [-0.05, 0) is 63.2 Å². The van der Waals surface area contributed by atoms with E-state index in [0.717, 1.165) is 5.56 Å². The Morgan fingerprint density at radius 2 is 1.69 bits per heavy atom. The van der Waals surface area contributed by atoms with Crippen molar-refractivity contribution in [3.05, 3.63) is 59.2 Å². The van der Waals surface area contributed by atoms with Gasteiger partial charge < -0.3 is 16.0 Å². The number of carbonyl (C=O) groups is 2. The van der Waals surface area contributed by atoms with Crippen LogP contribution in [0.2, 0.25) is 0 Å². The summed E-state index contributed by atoms with van der Waals surface area (Å²) in [5.74, 6) is -0.362. The van der Waals surface area contributed by atoms with Crippen LogP contribution in [0.3, 0.4) is 0 Å². The molecule has 29 heavy (non-hydrogen) atoms. The lowest BCUT2D eigenvalue weighted by molar-refractivity contribution is 0.102. The Morgan fingerprint density at radius 3 is 2.28 bits per heavy atom. The van der Waals surface area contributed by atoms with Crippen molar-refractivity contribution in [2.45, 2.75) is 38.3 Å². The van der Waals surface area contributed by atoms with E-state index in [9.17, 15) is 18.0 Å². The Morgan fingerprint density at radius 1 is 1.03 bits per heavy atom. The number of rotatable bonds is 7. The van der Waals surface area contributed by atoms with Gasteiger partial charge in [0, 0.05) is 23.8 Å². The Hall–Kier alpha value is -2.91. The maximum atomic E-state index is 12.5. The van der Waals surface area contributed by atoms with Gasteiger partial charge in [0.1, 0.15) is 0 Å². The summed E-state index contributed by atoms with van der Waals surface area (Å²) in [6.45, 7) is 5.77. The molecule has 0 fully saturated rings. The van der Waals surface area contributed by atoms with Gasteiger partial charge in [0.15, 0.2) is 0 Å². The predicted molar refractivity (Wildman–Crippen MR) is 112 cm³/mol. The van der Waals surface area contributed by atoms with E-state index in [1.165, 1.54) is 13.1 Å². The number of anilines is 1. The molecular weight excluding hydrogens is 392 g/mol. The number of aryl methyl sites for hydroxylation is 1. The van der Waals surface area contributed by atoms with Crippen LogP contribution in [0.1, 0.15) is 35.3 Å². The summed E-state index contributed by atoms with van der Waals surface area (Å²) in [4.78, 5) is 24.2. The fourth-order valence-electron chi connectivity index (χ4n) is 2.55. The predicted octanol–water partition coefficient (Wildman–Crippen LogP) is 2.36. The minimum Gasteiger partial charge on any atom is -0.336 e. The molecule has 0 aliphatic heterocycles. The zero-order valence-electron chi connectivity index (χ0n) is 16.9. The van der Waals surface area contributed by atoms with Gasteiger partial charge >= 0.3 is 6.03 Å². The molecule has 2 aromatic carbocycles. The number of amides is 3. The van der Waals surface area contributed by atoms with E-state index in [4.69, 9.17) is 0 Å². The highest BCUT2D eigenvalue weighted by Gasteiger charge is 2.16. The summed E-state index contributed by atoms with van der Waals surface area (Å²) in [5, 5.41) is 8.17. The van der Waals surface area contributed by atoms with Crippen molar-refractivity contribution in [2.75, 3.05) is 12.4 Å². The van der Waals surface area contributed by atoms with Gasteiger partial charge in [-0.2, -0.15) is 0 Å². The molecule has 3 amide bonds. The maximum absolute atomic E-state index is 12.5. The Balaban J connectivity index is 2.05. The van der Waals surface area contributed by atoms with Crippen LogP contribution in [0, 0.1) is 6.92 Å². The van der Waals surface area contributed by atoms with Crippen molar-refractivity contribution in [1.29, 1.82) is 0 Å². The maximum Gasteiger partial charge on any atom is 0.315 e. The molecule has 4 N–H and O–H groups in total. The normalized spacial score (nSPS) is 11.2. The van der Waals surface area contributed by atoms with Gasteiger partial charge in [0.25, 0.3) is 5.91 Å². The fraction of sp³-hybridized carbons (Fsp3) is 0.300. The quantitative estimate of drug-likeness (QED) is 0.552. The fourth-order valence-corrected chi connectivity index (χ4v) is 3.54. The monoisotopic (exact) mass is 418 g/mol. The molecule has 0 aromatic heterocycles. The molecule has 0 aliphatic rings. The third-order valence-electron chi connectivity index (χ3n) is 4.09. The number of hydrogen-bond acceptors (Lipinski definition) is 4. The first-order chi connectivity index (χ1) is 13.6. The molecule has 2 rings (SSSR count). The molecule has 0 spiro atoms. The van der Waals surface area contributed by atoms with Crippen LogP contribution in [-0.4, -0.2) is 33.4 Å². The van der Waals surface area contributed by atoms with E-state index in [0.29, 0.717) is 23.4 Å². The van der Waals surface area contributed by atoms with Crippen LogP contribution < -0.4 is 20.7 Å². The Kier molecular flexibility index (Phi) is 7.35. The van der Waals surface area contributed by atoms with E-state index in [1.807, 2.05) is 13.8 Å². The van der Waals surface area contributed by atoms with Crippen molar-refractivity contribution < 1.29 is 18.0 Å². The van der Waals surface area contributed by atoms with E-state index >= 15 is 0 Å². The molecule has 0 atom stereocenters. The highest BCUT2D eigenvalue weighted by molar-refractivity contribution is 7.89. The van der Waals surface area contributed by atoms with Crippen LogP contribution >= 0.6 is 0 Å². The average Bonchev–Trinajstić information content (AvgIpc) is 2.67. The van der Waals surface area contributed by atoms with E-state index in [-0.39, 0.29) is 22.9 Å². The first-order valence-corrected chi connectivity index (χ1v) is 10.6. The average molecular weight is 419 g/mol. The summed E-state index contributed by atoms with van der Waals surface area (Å²) in [6.07, 6.45) is 0. The summed E-state index contributed by atoms with van der Waals surface area (Å²) in [6, 6.07) is 11.3. The van der Waals surface area contributed by atoms with E-state index < -0.39 is 10.0 Å². The van der Waals surface area contributed by atoms with Gasteiger partial charge in [-0.3, -0.25) is 4.79 Å². The second kappa shape index (κ2) is 9.53. The summed E-state index contributed by atoms with van der Waals surface area (Å²) in [7, 11) is -2.28. The van der Waals surface area contributed by atoms with Gasteiger partial charge in [-0.1, -0.05) is 18.2 Å². The van der Waals surface area contributed by atoms with Gasteiger partial charge in [-0.15, -0.1) is 0 Å². The second-order valence-corrected chi connectivity index (χ2v) is 8.68. The minimum absolute atomic E-state index is 0.0476. The number of carbonyl (C=O) groups excluding carboxylic acids is 2. The molecule has 0 unspecified atom stereocenters. The summed E-state index contributed by atoms with van der Waals surface area (Å²) >= 11 is 0. The second-order valence-electron chi connectivity index (χ2n) is 6.82. The number of sulfonamides is 1. The SMILES string of the molecule is CNS(=O)(=O)c1cc(NC(=O)c2ccc(CNC(=O)NC(C)C)cc2)ccc1C. The first kappa shape index (κ1) is 22.4. The number of benzene rings is 2. The van der Waals surface area contributed by atoms with E-state index in [1.54, 1.807) is 43.3 Å². The smallest absolute Gasteiger partial charge is 0.315 e. The lowest BCUT2D eigenvalue weighted by Crippen LogP contribution is -2.39. The molecule has 0 aliphatic carbocycles. The van der Waals surface area contributed by atoms with Crippen molar-refractivity contribution in [3.8, 4) is 0 Å². The lowest BCUT2D eigenvalue weighted by atomic mass is 10.1. The summed E-state index contributed by atoms with van der Waals surface area (Å²) in [5.41, 5.74) is 2.22. The van der Waals surface area contributed by atoms with Crippen LogP contribution in [0.5, 0.6) is 0 Å². The third-order valence-corrected chi connectivity index (χ3v) is 5.65. The van der Waals surface area contributed by atoms with Gasteiger partial charge in [-0.25, -0.2) is 17.9 Å². The summed E-state index contributed by atoms with van der Waals surface area (Å²) < 4.78 is 26.4. The van der Waals surface area contributed by atoms with Gasteiger partial charge in [0.05, 0.1) is 4.90 Å². The van der Waals surface area contributed by atoms with Crippen LogP contribution in [0.15, 0.2) is 47.4 Å². The zero-order valence-corrected chi connectivity index (χ0v) is 17.7. The topological polar surface area (TPSA) is 116 Å². The lowest BCUT2D eigenvalue weighted by Gasteiger charge is -2.11. The molecule has 156 valence electrons. The highest BCUT2D eigenvalue weighted by atomic mass is 32.2. The molecule has 0 heterocycles. The Bertz CT molecular complexity index is 986. The standard InChI is InChI=1S/C20H26N4O4S/c1-13(2)23-20(26)22-12-15-6-8-16(9-7-15)19(25)24-17-10-5-14(3)18(11-17)29(27,28)21-4/h5-11,13,21H,12H2,1-4H3,(H,24,25)(H2,22,23,26). The molecule has 0 bridgehead atoms. The van der Waals surface area contributed by atoms with Crippen LogP contribution in [0.25, 0.3) is 0 Å². The highest BCUT2D eigenvalue weighted by Crippen LogP contribution is 2.20. The molecule has 9 heteroatoms. The first-order valence-electron chi connectivity index (χ1n) is 9.11. The van der Waals surface area contributed by atoms with Crippen LogP contribution in [-0.2, 0) is 16.6 Å².